The lowest BCUT2D eigenvalue weighted by atomic mass is 10.2. The molecule has 1 heterocycles. The zero-order valence-corrected chi connectivity index (χ0v) is 16.2. The van der Waals surface area contributed by atoms with Gasteiger partial charge in [0.05, 0.1) is 43.1 Å². The number of nitrogens with one attached hydrogen (secondary N) is 1. The molecule has 8 heteroatoms. The highest BCUT2D eigenvalue weighted by Crippen LogP contribution is 2.39. The van der Waals surface area contributed by atoms with E-state index in [1.165, 1.54) is 0 Å². The third kappa shape index (κ3) is 4.92. The maximum atomic E-state index is 12.3. The summed E-state index contributed by atoms with van der Waals surface area (Å²) in [4.78, 5) is 2.16. The summed E-state index contributed by atoms with van der Waals surface area (Å²) in [7, 11) is -3.48. The van der Waals surface area contributed by atoms with E-state index in [-0.39, 0.29) is 0 Å². The fraction of sp³-hybridized carbons (Fsp3) is 0.647. The minimum atomic E-state index is -3.48. The van der Waals surface area contributed by atoms with Crippen molar-refractivity contribution in [2.45, 2.75) is 32.9 Å². The zero-order chi connectivity index (χ0) is 18.4. The first-order valence-electron chi connectivity index (χ1n) is 8.67. The lowest BCUT2D eigenvalue weighted by molar-refractivity contribution is 0.122. The fourth-order valence-corrected chi connectivity index (χ4v) is 3.20. The lowest BCUT2D eigenvalue weighted by Gasteiger charge is -2.31. The maximum Gasteiger partial charge on any atom is 0.235 e. The lowest BCUT2D eigenvalue weighted by Crippen LogP contribution is -2.36. The highest BCUT2D eigenvalue weighted by Gasteiger charge is 2.23. The molecule has 1 aromatic carbocycles. The van der Waals surface area contributed by atoms with E-state index < -0.39 is 15.3 Å². The van der Waals surface area contributed by atoms with E-state index in [0.29, 0.717) is 43.6 Å². The Bertz CT molecular complexity index is 670. The number of rotatable bonds is 8. The molecule has 7 nitrogen and oxygen atoms in total. The predicted molar refractivity (Wildman–Crippen MR) is 99.5 cm³/mol. The van der Waals surface area contributed by atoms with Gasteiger partial charge in [-0.05, 0) is 27.7 Å². The molecule has 0 spiro atoms. The van der Waals surface area contributed by atoms with Crippen molar-refractivity contribution in [3.8, 4) is 11.5 Å². The smallest absolute Gasteiger partial charge is 0.235 e. The molecule has 25 heavy (non-hydrogen) atoms. The first-order valence-corrected chi connectivity index (χ1v) is 10.2. The summed E-state index contributed by atoms with van der Waals surface area (Å²) in [6.07, 6.45) is 0. The molecule has 0 radical (unpaired) electrons. The predicted octanol–water partition coefficient (Wildman–Crippen LogP) is 2.47. The first kappa shape index (κ1) is 19.7. The minimum Gasteiger partial charge on any atom is -0.492 e. The second kappa shape index (κ2) is 8.62. The van der Waals surface area contributed by atoms with Gasteiger partial charge in [0, 0.05) is 25.2 Å². The summed E-state index contributed by atoms with van der Waals surface area (Å²) >= 11 is 0. The largest absolute Gasteiger partial charge is 0.492 e. The van der Waals surface area contributed by atoms with Crippen LogP contribution in [0.4, 0.5) is 11.4 Å². The average molecular weight is 372 g/mol. The van der Waals surface area contributed by atoms with E-state index in [1.54, 1.807) is 19.9 Å². The Morgan fingerprint density at radius 3 is 2.28 bits per heavy atom. The number of morpholine rings is 1. The molecular weight excluding hydrogens is 344 g/mol. The van der Waals surface area contributed by atoms with Crippen molar-refractivity contribution in [3.63, 3.8) is 0 Å². The molecule has 1 aromatic rings. The molecule has 1 aliphatic rings. The Morgan fingerprint density at radius 2 is 1.72 bits per heavy atom. The minimum absolute atomic E-state index is 0.399. The quantitative estimate of drug-likeness (QED) is 0.755. The van der Waals surface area contributed by atoms with Crippen molar-refractivity contribution in [1.82, 2.24) is 0 Å². The molecule has 142 valence electrons. The normalized spacial score (nSPS) is 15.3. The number of sulfonamides is 1. The van der Waals surface area contributed by atoms with Crippen LogP contribution in [0.2, 0.25) is 0 Å². The third-order valence-corrected chi connectivity index (χ3v) is 5.63. The Hall–Kier alpha value is -1.67. The van der Waals surface area contributed by atoms with E-state index in [9.17, 15) is 8.42 Å². The van der Waals surface area contributed by atoms with Crippen LogP contribution < -0.4 is 19.1 Å². The highest BCUT2D eigenvalue weighted by atomic mass is 32.2. The summed E-state index contributed by atoms with van der Waals surface area (Å²) in [6.45, 7) is 10.8. The molecule has 1 aliphatic heterocycles. The van der Waals surface area contributed by atoms with Gasteiger partial charge in [0.1, 0.15) is 11.5 Å². The van der Waals surface area contributed by atoms with E-state index in [1.807, 2.05) is 19.9 Å². The molecule has 0 amide bonds. The Kier molecular flexibility index (Phi) is 6.78. The van der Waals surface area contributed by atoms with Gasteiger partial charge in [-0.3, -0.25) is 4.72 Å². The van der Waals surface area contributed by atoms with Crippen LogP contribution in [0.25, 0.3) is 0 Å². The van der Waals surface area contributed by atoms with Crippen LogP contribution in [-0.2, 0) is 14.8 Å². The van der Waals surface area contributed by atoms with E-state index >= 15 is 0 Å². The van der Waals surface area contributed by atoms with Gasteiger partial charge in [-0.1, -0.05) is 0 Å². The fourth-order valence-electron chi connectivity index (χ4n) is 2.50. The van der Waals surface area contributed by atoms with Crippen LogP contribution in [0.15, 0.2) is 12.1 Å². The zero-order valence-electron chi connectivity index (χ0n) is 15.4. The van der Waals surface area contributed by atoms with Gasteiger partial charge in [0.25, 0.3) is 0 Å². The number of hydrogen-bond donors (Lipinski definition) is 1. The van der Waals surface area contributed by atoms with Crippen molar-refractivity contribution in [3.05, 3.63) is 12.1 Å². The third-order valence-electron chi connectivity index (χ3n) is 3.89. The van der Waals surface area contributed by atoms with E-state index in [0.717, 1.165) is 18.8 Å². The van der Waals surface area contributed by atoms with Gasteiger partial charge in [0.2, 0.25) is 10.0 Å². The van der Waals surface area contributed by atoms with Gasteiger partial charge < -0.3 is 19.1 Å². The van der Waals surface area contributed by atoms with Gasteiger partial charge in [-0.2, -0.15) is 0 Å². The molecule has 1 fully saturated rings. The van der Waals surface area contributed by atoms with Crippen molar-refractivity contribution >= 4 is 21.4 Å². The van der Waals surface area contributed by atoms with Crippen LogP contribution in [0.3, 0.4) is 0 Å². The molecule has 2 rings (SSSR count). The molecule has 0 bridgehead atoms. The summed E-state index contributed by atoms with van der Waals surface area (Å²) in [5, 5.41) is -0.545. The molecule has 0 unspecified atom stereocenters. The first-order chi connectivity index (χ1) is 11.9. The Balaban J connectivity index is 2.46. The molecular formula is C17H28N2O5S. The Morgan fingerprint density at radius 1 is 1.12 bits per heavy atom. The van der Waals surface area contributed by atoms with Crippen LogP contribution in [0, 0.1) is 0 Å². The summed E-state index contributed by atoms with van der Waals surface area (Å²) < 4.78 is 44.0. The standard InChI is InChI=1S/C17H28N2O5S/c1-5-23-16-12-15(19-7-9-22-10-8-19)17(24-6-2)11-14(16)18-25(20,21)13(3)4/h11-13,18H,5-10H2,1-4H3. The summed E-state index contributed by atoms with van der Waals surface area (Å²) in [6, 6.07) is 3.55. The second-order valence-electron chi connectivity index (χ2n) is 5.98. The van der Waals surface area contributed by atoms with Gasteiger partial charge in [-0.15, -0.1) is 0 Å². The monoisotopic (exact) mass is 372 g/mol. The van der Waals surface area contributed by atoms with Crippen LogP contribution in [-0.4, -0.2) is 53.2 Å². The molecule has 1 N–H and O–H groups in total. The van der Waals surface area contributed by atoms with Crippen molar-refractivity contribution in [2.75, 3.05) is 49.1 Å². The van der Waals surface area contributed by atoms with Crippen molar-refractivity contribution in [2.24, 2.45) is 0 Å². The SMILES string of the molecule is CCOc1cc(N2CCOCC2)c(OCC)cc1NS(=O)(=O)C(C)C. The number of nitrogens with zero attached hydrogens (tertiary/aromatic N) is 1. The molecule has 0 aromatic heterocycles. The van der Waals surface area contributed by atoms with Gasteiger partial charge in [-0.25, -0.2) is 8.42 Å². The van der Waals surface area contributed by atoms with Crippen LogP contribution in [0.5, 0.6) is 11.5 Å². The Labute approximate surface area is 150 Å². The average Bonchev–Trinajstić information content (AvgIpc) is 2.58. The maximum absolute atomic E-state index is 12.3. The van der Waals surface area contributed by atoms with Gasteiger partial charge in [0.15, 0.2) is 0 Å². The van der Waals surface area contributed by atoms with Crippen LogP contribution >= 0.6 is 0 Å². The molecule has 0 aliphatic carbocycles. The van der Waals surface area contributed by atoms with Gasteiger partial charge >= 0.3 is 0 Å². The van der Waals surface area contributed by atoms with Crippen molar-refractivity contribution < 1.29 is 22.6 Å². The van der Waals surface area contributed by atoms with Crippen LogP contribution in [0.1, 0.15) is 27.7 Å². The van der Waals surface area contributed by atoms with Crippen molar-refractivity contribution in [1.29, 1.82) is 0 Å². The number of ether oxygens (including phenoxy) is 3. The van der Waals surface area contributed by atoms with E-state index in [4.69, 9.17) is 14.2 Å². The molecule has 0 saturated carbocycles. The summed E-state index contributed by atoms with van der Waals surface area (Å²) in [5.74, 6) is 1.13. The van der Waals surface area contributed by atoms with E-state index in [2.05, 4.69) is 9.62 Å². The topological polar surface area (TPSA) is 77.1 Å². The second-order valence-corrected chi connectivity index (χ2v) is 8.21. The number of benzene rings is 1. The summed E-state index contributed by atoms with van der Waals surface area (Å²) in [5.41, 5.74) is 1.29. The molecule has 0 atom stereocenters. The molecule has 1 saturated heterocycles. The number of hydrogen-bond acceptors (Lipinski definition) is 6. The number of anilines is 2. The highest BCUT2D eigenvalue weighted by molar-refractivity contribution is 7.93.